The molecule has 4 heteroatoms. The lowest BCUT2D eigenvalue weighted by atomic mass is 9.82. The minimum absolute atomic E-state index is 0.00254. The third-order valence-electron chi connectivity index (χ3n) is 4.88. The van der Waals surface area contributed by atoms with Gasteiger partial charge in [-0.05, 0) is 33.1 Å². The van der Waals surface area contributed by atoms with Gasteiger partial charge in [-0.2, -0.15) is 5.10 Å². The van der Waals surface area contributed by atoms with E-state index < -0.39 is 0 Å². The SMILES string of the molecule is CCC(NCC(CC)(CC)CO)c1c(C)nn(C)c1C. The first kappa shape index (κ1) is 17.2. The largest absolute Gasteiger partial charge is 0.396 e. The molecule has 0 fully saturated rings. The zero-order valence-electron chi connectivity index (χ0n) is 14.0. The van der Waals surface area contributed by atoms with Crippen molar-refractivity contribution in [2.24, 2.45) is 12.5 Å². The molecule has 0 aliphatic carbocycles. The summed E-state index contributed by atoms with van der Waals surface area (Å²) in [5.74, 6) is 0. The second-order valence-corrected chi connectivity index (χ2v) is 5.92. The molecule has 0 saturated carbocycles. The first-order chi connectivity index (χ1) is 9.44. The lowest BCUT2D eigenvalue weighted by Gasteiger charge is -2.32. The maximum atomic E-state index is 9.69. The molecule has 0 spiro atoms. The van der Waals surface area contributed by atoms with Crippen molar-refractivity contribution in [1.29, 1.82) is 0 Å². The topological polar surface area (TPSA) is 50.1 Å². The van der Waals surface area contributed by atoms with E-state index in [1.807, 2.05) is 11.7 Å². The Kier molecular flexibility index (Phi) is 6.21. The molecular formula is C16H31N3O. The second-order valence-electron chi connectivity index (χ2n) is 5.92. The maximum Gasteiger partial charge on any atom is 0.0644 e. The first-order valence-electron chi connectivity index (χ1n) is 7.79. The number of aromatic nitrogens is 2. The number of hydrogen-bond acceptors (Lipinski definition) is 3. The third-order valence-corrected chi connectivity index (χ3v) is 4.88. The molecule has 1 rings (SSSR count). The molecule has 20 heavy (non-hydrogen) atoms. The van der Waals surface area contributed by atoms with Crippen LogP contribution in [0, 0.1) is 19.3 Å². The van der Waals surface area contributed by atoms with Crippen LogP contribution in [0.15, 0.2) is 0 Å². The highest BCUT2D eigenvalue weighted by atomic mass is 16.3. The van der Waals surface area contributed by atoms with Gasteiger partial charge in [0.25, 0.3) is 0 Å². The van der Waals surface area contributed by atoms with Crippen LogP contribution in [0.25, 0.3) is 0 Å². The minimum atomic E-state index is -0.00254. The molecule has 0 aliphatic heterocycles. The molecule has 2 N–H and O–H groups in total. The van der Waals surface area contributed by atoms with E-state index in [2.05, 4.69) is 45.0 Å². The van der Waals surface area contributed by atoms with Crippen molar-refractivity contribution in [2.75, 3.05) is 13.2 Å². The standard InChI is InChI=1S/C16H31N3O/c1-7-14(15-12(4)18-19(6)13(15)5)17-10-16(8-2,9-3)11-20/h14,17,20H,7-11H2,1-6H3. The summed E-state index contributed by atoms with van der Waals surface area (Å²) < 4.78 is 1.95. The van der Waals surface area contributed by atoms with Crippen molar-refractivity contribution in [2.45, 2.75) is 59.9 Å². The van der Waals surface area contributed by atoms with Crippen molar-refractivity contribution in [1.82, 2.24) is 15.1 Å². The molecule has 0 aromatic carbocycles. The minimum Gasteiger partial charge on any atom is -0.396 e. The van der Waals surface area contributed by atoms with Gasteiger partial charge in [-0.3, -0.25) is 4.68 Å². The van der Waals surface area contributed by atoms with Crippen molar-refractivity contribution in [3.8, 4) is 0 Å². The molecule has 1 aromatic heterocycles. The van der Waals surface area contributed by atoms with Crippen molar-refractivity contribution >= 4 is 0 Å². The molecule has 4 nitrogen and oxygen atoms in total. The monoisotopic (exact) mass is 281 g/mol. The number of nitrogens with zero attached hydrogens (tertiary/aromatic N) is 2. The summed E-state index contributed by atoms with van der Waals surface area (Å²) in [5, 5.41) is 17.9. The van der Waals surface area contributed by atoms with Crippen LogP contribution < -0.4 is 5.32 Å². The number of nitrogens with one attached hydrogen (secondary N) is 1. The normalized spacial score (nSPS) is 13.8. The molecule has 1 atom stereocenters. The maximum absolute atomic E-state index is 9.69. The summed E-state index contributed by atoms with van der Waals surface area (Å²) in [6.07, 6.45) is 3.02. The summed E-state index contributed by atoms with van der Waals surface area (Å²) >= 11 is 0. The van der Waals surface area contributed by atoms with E-state index in [-0.39, 0.29) is 12.0 Å². The Hall–Kier alpha value is -0.870. The Morgan fingerprint density at radius 1 is 1.25 bits per heavy atom. The fourth-order valence-corrected chi connectivity index (χ4v) is 2.86. The Morgan fingerprint density at radius 3 is 2.20 bits per heavy atom. The molecular weight excluding hydrogens is 250 g/mol. The van der Waals surface area contributed by atoms with Gasteiger partial charge in [0.1, 0.15) is 0 Å². The van der Waals surface area contributed by atoms with Gasteiger partial charge in [-0.25, -0.2) is 0 Å². The molecule has 1 heterocycles. The van der Waals surface area contributed by atoms with Gasteiger partial charge < -0.3 is 10.4 Å². The first-order valence-corrected chi connectivity index (χ1v) is 7.79. The highest BCUT2D eigenvalue weighted by Crippen LogP contribution is 2.28. The van der Waals surface area contributed by atoms with E-state index in [0.29, 0.717) is 6.04 Å². The van der Waals surface area contributed by atoms with Gasteiger partial charge in [-0.1, -0.05) is 20.8 Å². The summed E-state index contributed by atoms with van der Waals surface area (Å²) in [4.78, 5) is 0. The van der Waals surface area contributed by atoms with E-state index >= 15 is 0 Å². The average molecular weight is 281 g/mol. The predicted molar refractivity (Wildman–Crippen MR) is 83.8 cm³/mol. The van der Waals surface area contributed by atoms with Crippen molar-refractivity contribution < 1.29 is 5.11 Å². The van der Waals surface area contributed by atoms with E-state index in [9.17, 15) is 5.11 Å². The van der Waals surface area contributed by atoms with Gasteiger partial charge in [-0.15, -0.1) is 0 Å². The highest BCUT2D eigenvalue weighted by Gasteiger charge is 2.27. The number of hydrogen-bond donors (Lipinski definition) is 2. The van der Waals surface area contributed by atoms with Crippen LogP contribution in [0.3, 0.4) is 0 Å². The molecule has 0 saturated heterocycles. The van der Waals surface area contributed by atoms with E-state index in [1.54, 1.807) is 0 Å². The Balaban J connectivity index is 2.87. The molecule has 0 aliphatic rings. The summed E-state index contributed by atoms with van der Waals surface area (Å²) in [7, 11) is 1.99. The summed E-state index contributed by atoms with van der Waals surface area (Å²) in [6.45, 7) is 11.8. The van der Waals surface area contributed by atoms with E-state index in [1.165, 1.54) is 11.3 Å². The van der Waals surface area contributed by atoms with E-state index in [4.69, 9.17) is 0 Å². The molecule has 1 unspecified atom stereocenters. The van der Waals surface area contributed by atoms with Crippen LogP contribution in [0.5, 0.6) is 0 Å². The predicted octanol–water partition coefficient (Wildman–Crippen LogP) is 2.88. The fourth-order valence-electron chi connectivity index (χ4n) is 2.86. The summed E-state index contributed by atoms with van der Waals surface area (Å²) in [6, 6.07) is 0.313. The number of aliphatic hydroxyl groups is 1. The quantitative estimate of drug-likeness (QED) is 0.770. The summed E-state index contributed by atoms with van der Waals surface area (Å²) in [5.41, 5.74) is 3.64. The molecule has 1 aromatic rings. The fraction of sp³-hybridized carbons (Fsp3) is 0.812. The number of aliphatic hydroxyl groups excluding tert-OH is 1. The lowest BCUT2D eigenvalue weighted by Crippen LogP contribution is -2.38. The molecule has 0 amide bonds. The van der Waals surface area contributed by atoms with Crippen molar-refractivity contribution in [3.63, 3.8) is 0 Å². The van der Waals surface area contributed by atoms with Crippen LogP contribution in [-0.2, 0) is 7.05 Å². The number of aryl methyl sites for hydroxylation is 2. The Bertz CT molecular complexity index is 413. The Labute approximate surface area is 123 Å². The lowest BCUT2D eigenvalue weighted by molar-refractivity contribution is 0.109. The number of rotatable bonds is 8. The van der Waals surface area contributed by atoms with Crippen LogP contribution in [-0.4, -0.2) is 28.0 Å². The van der Waals surface area contributed by atoms with Crippen LogP contribution >= 0.6 is 0 Å². The average Bonchev–Trinajstić information content (AvgIpc) is 2.70. The smallest absolute Gasteiger partial charge is 0.0644 e. The highest BCUT2D eigenvalue weighted by molar-refractivity contribution is 5.28. The molecule has 116 valence electrons. The third kappa shape index (κ3) is 3.41. The molecule has 0 radical (unpaired) electrons. The second kappa shape index (κ2) is 7.23. The van der Waals surface area contributed by atoms with E-state index in [0.717, 1.165) is 31.5 Å². The van der Waals surface area contributed by atoms with Crippen molar-refractivity contribution in [3.05, 3.63) is 17.0 Å². The van der Waals surface area contributed by atoms with Gasteiger partial charge in [0.15, 0.2) is 0 Å². The Morgan fingerprint density at radius 2 is 1.85 bits per heavy atom. The van der Waals surface area contributed by atoms with Gasteiger partial charge in [0, 0.05) is 42.9 Å². The van der Waals surface area contributed by atoms with Crippen LogP contribution in [0.2, 0.25) is 0 Å². The molecule has 0 bridgehead atoms. The van der Waals surface area contributed by atoms with Crippen LogP contribution in [0.1, 0.15) is 63.0 Å². The van der Waals surface area contributed by atoms with Gasteiger partial charge >= 0.3 is 0 Å². The van der Waals surface area contributed by atoms with Gasteiger partial charge in [0.05, 0.1) is 5.69 Å². The van der Waals surface area contributed by atoms with Crippen LogP contribution in [0.4, 0.5) is 0 Å². The van der Waals surface area contributed by atoms with Gasteiger partial charge in [0.2, 0.25) is 0 Å². The zero-order valence-corrected chi connectivity index (χ0v) is 14.0. The zero-order chi connectivity index (χ0) is 15.3.